The summed E-state index contributed by atoms with van der Waals surface area (Å²) >= 11 is 0. The molecular weight excluding hydrogens is 468 g/mol. The number of hydrogen-bond acceptors (Lipinski definition) is 5. The van der Waals surface area contributed by atoms with E-state index in [0.29, 0.717) is 24.2 Å². The van der Waals surface area contributed by atoms with Gasteiger partial charge in [0, 0.05) is 11.4 Å². The molecule has 0 saturated carbocycles. The number of esters is 1. The predicted octanol–water partition coefficient (Wildman–Crippen LogP) is 6.40. The zero-order valence-corrected chi connectivity index (χ0v) is 22.7. The molecule has 0 bridgehead atoms. The number of carbonyl (C=O) groups is 3. The van der Waals surface area contributed by atoms with Gasteiger partial charge in [0.2, 0.25) is 0 Å². The Bertz CT molecular complexity index is 1200. The normalized spacial score (nSPS) is 16.3. The zero-order chi connectivity index (χ0) is 27.5. The molecule has 2 aromatic rings. The second-order valence-electron chi connectivity index (χ2n) is 11.1. The number of amides is 1. The van der Waals surface area contributed by atoms with Gasteiger partial charge < -0.3 is 9.84 Å². The highest BCUT2D eigenvalue weighted by Gasteiger charge is 2.38. The largest absolute Gasteiger partial charge is 0.478 e. The van der Waals surface area contributed by atoms with Crippen LogP contribution in [-0.4, -0.2) is 35.8 Å². The number of ether oxygens (including phenoxy) is 1. The van der Waals surface area contributed by atoms with Crippen molar-refractivity contribution in [2.75, 3.05) is 12.0 Å². The summed E-state index contributed by atoms with van der Waals surface area (Å²) in [5.74, 6) is -3.30. The van der Waals surface area contributed by atoms with Crippen LogP contribution in [0.1, 0.15) is 88.2 Å². The van der Waals surface area contributed by atoms with Crippen molar-refractivity contribution >= 4 is 34.9 Å². The Labute approximate surface area is 219 Å². The third-order valence-corrected chi connectivity index (χ3v) is 7.58. The first-order chi connectivity index (χ1) is 17.3. The standard InChI is InChI=1S/C30H38N2O5/c1-7-8-9-22(28(36)37-6)25(31)26(33)32(20-12-10-19(11-13-20)27(34)35)21-14-15-23-24(18-21)30(4,5)17-16-29(23,2)3/h10-15,18,22,31H,7-9,16-17H2,1-6H3,(H,34,35). The molecule has 2 N–H and O–H groups in total. The van der Waals surface area contributed by atoms with Gasteiger partial charge >= 0.3 is 11.9 Å². The summed E-state index contributed by atoms with van der Waals surface area (Å²) in [5.41, 5.74) is 2.99. The Kier molecular flexibility index (Phi) is 8.25. The van der Waals surface area contributed by atoms with Crippen LogP contribution in [0.5, 0.6) is 0 Å². The van der Waals surface area contributed by atoms with Crippen molar-refractivity contribution in [2.45, 2.75) is 77.6 Å². The van der Waals surface area contributed by atoms with Crippen LogP contribution in [0.4, 0.5) is 11.4 Å². The molecule has 1 unspecified atom stereocenters. The summed E-state index contributed by atoms with van der Waals surface area (Å²) in [7, 11) is 1.26. The van der Waals surface area contributed by atoms with Crippen molar-refractivity contribution < 1.29 is 24.2 Å². The number of carboxylic acid groups (broad SMARTS) is 1. The van der Waals surface area contributed by atoms with Crippen LogP contribution in [0.15, 0.2) is 42.5 Å². The highest BCUT2D eigenvalue weighted by molar-refractivity contribution is 6.47. The van der Waals surface area contributed by atoms with E-state index in [0.717, 1.165) is 24.8 Å². The zero-order valence-electron chi connectivity index (χ0n) is 22.7. The van der Waals surface area contributed by atoms with E-state index in [2.05, 4.69) is 33.8 Å². The van der Waals surface area contributed by atoms with E-state index in [1.165, 1.54) is 29.7 Å². The first-order valence-electron chi connectivity index (χ1n) is 12.8. The van der Waals surface area contributed by atoms with Crippen molar-refractivity contribution in [2.24, 2.45) is 5.92 Å². The lowest BCUT2D eigenvalue weighted by molar-refractivity contribution is -0.143. The maximum Gasteiger partial charge on any atom is 0.335 e. The number of hydrogen-bond donors (Lipinski definition) is 2. The van der Waals surface area contributed by atoms with Gasteiger partial charge in [0.15, 0.2) is 0 Å². The number of unbranched alkanes of at least 4 members (excludes halogenated alkanes) is 1. The minimum atomic E-state index is -1.07. The summed E-state index contributed by atoms with van der Waals surface area (Å²) in [6.45, 7) is 10.8. The van der Waals surface area contributed by atoms with Crippen molar-refractivity contribution in [3.8, 4) is 0 Å². The fraction of sp³-hybridized carbons (Fsp3) is 0.467. The maximum atomic E-state index is 13.9. The molecule has 1 amide bonds. The summed E-state index contributed by atoms with van der Waals surface area (Å²) in [6, 6.07) is 11.9. The Morgan fingerprint density at radius 3 is 2.08 bits per heavy atom. The molecule has 0 aromatic heterocycles. The van der Waals surface area contributed by atoms with Crippen LogP contribution in [0.3, 0.4) is 0 Å². The lowest BCUT2D eigenvalue weighted by Gasteiger charge is -2.42. The summed E-state index contributed by atoms with van der Waals surface area (Å²) in [4.78, 5) is 39.3. The number of methoxy groups -OCH3 is 1. The van der Waals surface area contributed by atoms with Gasteiger partial charge in [0.05, 0.1) is 12.7 Å². The molecule has 3 rings (SSSR count). The summed E-state index contributed by atoms with van der Waals surface area (Å²) in [5, 5.41) is 18.1. The van der Waals surface area contributed by atoms with Gasteiger partial charge in [-0.05, 0) is 77.6 Å². The minimum Gasteiger partial charge on any atom is -0.478 e. The van der Waals surface area contributed by atoms with Crippen LogP contribution in [0.25, 0.3) is 0 Å². The number of anilines is 2. The lowest BCUT2D eigenvalue weighted by atomic mass is 9.63. The van der Waals surface area contributed by atoms with Gasteiger partial charge in [-0.15, -0.1) is 0 Å². The highest BCUT2D eigenvalue weighted by Crippen LogP contribution is 2.47. The molecule has 0 radical (unpaired) electrons. The molecule has 1 atom stereocenters. The predicted molar refractivity (Wildman–Crippen MR) is 145 cm³/mol. The molecular formula is C30H38N2O5. The van der Waals surface area contributed by atoms with Gasteiger partial charge in [-0.1, -0.05) is 53.5 Å². The number of carboxylic acids is 1. The van der Waals surface area contributed by atoms with Gasteiger partial charge in [-0.2, -0.15) is 0 Å². The molecule has 0 fully saturated rings. The topological polar surface area (TPSA) is 108 Å². The number of fused-ring (bicyclic) bond motifs is 1. The van der Waals surface area contributed by atoms with E-state index in [-0.39, 0.29) is 22.1 Å². The number of nitrogens with zero attached hydrogens (tertiary/aromatic N) is 1. The highest BCUT2D eigenvalue weighted by atomic mass is 16.5. The molecule has 1 aliphatic carbocycles. The van der Waals surface area contributed by atoms with Gasteiger partial charge in [-0.25, -0.2) is 4.79 Å². The average Bonchev–Trinajstić information content (AvgIpc) is 2.87. The number of aromatic carboxylic acids is 1. The third-order valence-electron chi connectivity index (χ3n) is 7.58. The van der Waals surface area contributed by atoms with E-state index in [1.807, 2.05) is 19.1 Å². The van der Waals surface area contributed by atoms with Crippen LogP contribution >= 0.6 is 0 Å². The number of carbonyl (C=O) groups excluding carboxylic acids is 2. The Morgan fingerprint density at radius 1 is 0.973 bits per heavy atom. The second-order valence-corrected chi connectivity index (χ2v) is 11.1. The molecule has 7 nitrogen and oxygen atoms in total. The third kappa shape index (κ3) is 5.76. The van der Waals surface area contributed by atoms with Crippen LogP contribution < -0.4 is 4.90 Å². The molecule has 0 saturated heterocycles. The molecule has 1 aliphatic rings. The molecule has 198 valence electrons. The maximum absolute atomic E-state index is 13.9. The van der Waals surface area contributed by atoms with Crippen LogP contribution in [0, 0.1) is 11.3 Å². The smallest absolute Gasteiger partial charge is 0.335 e. The fourth-order valence-corrected chi connectivity index (χ4v) is 5.05. The molecule has 7 heteroatoms. The van der Waals surface area contributed by atoms with Crippen LogP contribution in [0.2, 0.25) is 0 Å². The van der Waals surface area contributed by atoms with Crippen molar-refractivity contribution in [3.63, 3.8) is 0 Å². The van der Waals surface area contributed by atoms with Gasteiger partial charge in [0.1, 0.15) is 11.6 Å². The SMILES string of the molecule is CCCCC(C(=N)C(=O)N(c1ccc(C(=O)O)cc1)c1ccc2c(c1)C(C)(C)CCC2(C)C)C(=O)OC. The number of benzene rings is 2. The molecule has 0 aliphatic heterocycles. The van der Waals surface area contributed by atoms with Gasteiger partial charge in [0.25, 0.3) is 5.91 Å². The minimum absolute atomic E-state index is 0.00972. The summed E-state index contributed by atoms with van der Waals surface area (Å²) < 4.78 is 4.92. The Morgan fingerprint density at radius 2 is 1.54 bits per heavy atom. The van der Waals surface area contributed by atoms with E-state index >= 15 is 0 Å². The lowest BCUT2D eigenvalue weighted by Crippen LogP contribution is -2.40. The van der Waals surface area contributed by atoms with E-state index in [9.17, 15) is 19.5 Å². The molecule has 0 spiro atoms. The monoisotopic (exact) mass is 506 g/mol. The first-order valence-corrected chi connectivity index (χ1v) is 12.8. The van der Waals surface area contributed by atoms with E-state index < -0.39 is 23.8 Å². The quantitative estimate of drug-likeness (QED) is 0.302. The Hall–Kier alpha value is -3.48. The molecule has 37 heavy (non-hydrogen) atoms. The summed E-state index contributed by atoms with van der Waals surface area (Å²) in [6.07, 6.45) is 3.87. The van der Waals surface area contributed by atoms with E-state index in [4.69, 9.17) is 10.1 Å². The molecule has 0 heterocycles. The second kappa shape index (κ2) is 10.9. The van der Waals surface area contributed by atoms with Crippen molar-refractivity contribution in [1.82, 2.24) is 0 Å². The number of nitrogens with one attached hydrogen (secondary N) is 1. The first kappa shape index (κ1) is 28.1. The van der Waals surface area contributed by atoms with Crippen LogP contribution in [-0.2, 0) is 25.2 Å². The Balaban J connectivity index is 2.15. The van der Waals surface area contributed by atoms with Crippen molar-refractivity contribution in [1.29, 1.82) is 5.41 Å². The average molecular weight is 507 g/mol. The van der Waals surface area contributed by atoms with Gasteiger partial charge in [-0.3, -0.25) is 19.9 Å². The molecule has 2 aromatic carbocycles. The fourth-order valence-electron chi connectivity index (χ4n) is 5.05. The number of rotatable bonds is 9. The van der Waals surface area contributed by atoms with E-state index in [1.54, 1.807) is 12.1 Å². The van der Waals surface area contributed by atoms with Crippen molar-refractivity contribution in [3.05, 3.63) is 59.2 Å².